The molecule has 0 radical (unpaired) electrons. The van der Waals surface area contributed by atoms with E-state index in [-0.39, 0.29) is 35.2 Å². The molecule has 1 saturated heterocycles. The number of nitrogen functional groups attached to an aromatic ring is 1. The van der Waals surface area contributed by atoms with Crippen LogP contribution in [0.5, 0.6) is 11.5 Å². The lowest BCUT2D eigenvalue weighted by molar-refractivity contribution is -0.136. The Morgan fingerprint density at radius 3 is 2.49 bits per heavy atom. The number of Topliss-reactive ketones (excluding diaryl/α,β-unsaturated/α-hetero) is 1. The number of carbonyl (C=O) groups is 2. The minimum atomic E-state index is -4.11. The standard InChI is InChI=1S/C24H30N4O6S/c1-33-19-10-11-21(34-2)22(14-19)35(31,32)27-20-5-3-4-12-28(24(20)30)15-18(29)13-16-6-8-17(9-7-16)23(25)26/h6-11,14,20,27H,3-5,12-13,15H2,1-2H3,(H3,25,26)/t20-/m0/s1. The van der Waals surface area contributed by atoms with Crippen molar-refractivity contribution in [3.8, 4) is 11.5 Å². The summed E-state index contributed by atoms with van der Waals surface area (Å²) in [5, 5.41) is 7.44. The fourth-order valence-corrected chi connectivity index (χ4v) is 5.32. The lowest BCUT2D eigenvalue weighted by Crippen LogP contribution is -2.48. The van der Waals surface area contributed by atoms with Crippen molar-refractivity contribution in [2.45, 2.75) is 36.6 Å². The summed E-state index contributed by atoms with van der Waals surface area (Å²) in [6.07, 6.45) is 1.72. The van der Waals surface area contributed by atoms with Gasteiger partial charge < -0.3 is 20.1 Å². The third-order valence-corrected chi connectivity index (χ3v) is 7.26. The molecule has 2 aromatic carbocycles. The molecule has 0 spiro atoms. The minimum absolute atomic E-state index is 0.0573. The normalized spacial score (nSPS) is 16.5. The summed E-state index contributed by atoms with van der Waals surface area (Å²) in [5.41, 5.74) is 6.76. The zero-order valence-electron chi connectivity index (χ0n) is 19.7. The number of nitrogens with one attached hydrogen (secondary N) is 2. The molecule has 1 amide bonds. The molecular weight excluding hydrogens is 472 g/mol. The summed E-state index contributed by atoms with van der Waals surface area (Å²) in [6, 6.07) is 10.2. The summed E-state index contributed by atoms with van der Waals surface area (Å²) in [5.74, 6) is -0.206. The molecule has 0 unspecified atom stereocenters. The molecule has 11 heteroatoms. The quantitative estimate of drug-likeness (QED) is 0.328. The Bertz CT molecular complexity index is 1200. The van der Waals surface area contributed by atoms with Crippen LogP contribution in [0.4, 0.5) is 0 Å². The average Bonchev–Trinajstić information content (AvgIpc) is 3.00. The largest absolute Gasteiger partial charge is 0.497 e. The summed E-state index contributed by atoms with van der Waals surface area (Å²) in [4.78, 5) is 27.2. The van der Waals surface area contributed by atoms with E-state index in [2.05, 4.69) is 4.72 Å². The van der Waals surface area contributed by atoms with Crippen LogP contribution in [0.25, 0.3) is 0 Å². The number of amidine groups is 1. The number of rotatable bonds is 10. The highest BCUT2D eigenvalue weighted by Gasteiger charge is 2.33. The molecule has 0 saturated carbocycles. The van der Waals surface area contributed by atoms with Crippen molar-refractivity contribution in [1.29, 1.82) is 5.41 Å². The Kier molecular flexibility index (Phi) is 8.47. The van der Waals surface area contributed by atoms with Gasteiger partial charge in [-0.1, -0.05) is 24.3 Å². The number of ketones is 1. The molecule has 0 aliphatic carbocycles. The summed E-state index contributed by atoms with van der Waals surface area (Å²) >= 11 is 0. The van der Waals surface area contributed by atoms with Crippen molar-refractivity contribution >= 4 is 27.5 Å². The van der Waals surface area contributed by atoms with Gasteiger partial charge in [-0.2, -0.15) is 4.72 Å². The number of methoxy groups -OCH3 is 2. The number of sulfonamides is 1. The molecule has 1 aliphatic heterocycles. The first-order chi connectivity index (χ1) is 16.6. The SMILES string of the molecule is COc1ccc(OC)c(S(=O)(=O)N[C@H]2CCCCN(CC(=O)Cc3ccc(C(=N)N)cc3)C2=O)c1. The van der Waals surface area contributed by atoms with Crippen molar-refractivity contribution in [3.63, 3.8) is 0 Å². The fourth-order valence-electron chi connectivity index (χ4n) is 3.91. The fraction of sp³-hybridized carbons (Fsp3) is 0.375. The molecule has 3 rings (SSSR count). The molecule has 0 bridgehead atoms. The zero-order chi connectivity index (χ0) is 25.6. The van der Waals surface area contributed by atoms with Gasteiger partial charge in [0, 0.05) is 24.6 Å². The molecule has 35 heavy (non-hydrogen) atoms. The molecule has 1 heterocycles. The number of ether oxygens (including phenoxy) is 2. The molecule has 1 fully saturated rings. The summed E-state index contributed by atoms with van der Waals surface area (Å²) in [6.45, 7) is 0.253. The molecule has 4 N–H and O–H groups in total. The maximum Gasteiger partial charge on any atom is 0.245 e. The van der Waals surface area contributed by atoms with Crippen molar-refractivity contribution < 1.29 is 27.5 Å². The highest BCUT2D eigenvalue weighted by molar-refractivity contribution is 7.89. The second-order valence-corrected chi connectivity index (χ2v) is 9.95. The van der Waals surface area contributed by atoms with E-state index in [1.165, 1.54) is 31.3 Å². The van der Waals surface area contributed by atoms with Gasteiger partial charge in [0.25, 0.3) is 0 Å². The van der Waals surface area contributed by atoms with Crippen molar-refractivity contribution in [1.82, 2.24) is 9.62 Å². The number of amides is 1. The van der Waals surface area contributed by atoms with Gasteiger partial charge in [0.15, 0.2) is 5.78 Å². The lowest BCUT2D eigenvalue weighted by Gasteiger charge is -2.24. The van der Waals surface area contributed by atoms with Gasteiger partial charge in [0.05, 0.1) is 20.8 Å². The van der Waals surface area contributed by atoms with Crippen LogP contribution in [0.15, 0.2) is 47.4 Å². The first-order valence-corrected chi connectivity index (χ1v) is 12.6. The molecule has 10 nitrogen and oxygen atoms in total. The summed E-state index contributed by atoms with van der Waals surface area (Å²) < 4.78 is 39.1. The number of nitrogens with two attached hydrogens (primary N) is 1. The van der Waals surface area contributed by atoms with E-state index in [1.807, 2.05) is 0 Å². The number of nitrogens with zero attached hydrogens (tertiary/aromatic N) is 1. The summed E-state index contributed by atoms with van der Waals surface area (Å²) in [7, 11) is -1.33. The van der Waals surface area contributed by atoms with Crippen LogP contribution >= 0.6 is 0 Å². The van der Waals surface area contributed by atoms with Crippen LogP contribution in [0, 0.1) is 5.41 Å². The number of hydrogen-bond acceptors (Lipinski definition) is 7. The van der Waals surface area contributed by atoms with Gasteiger partial charge in [0.2, 0.25) is 15.9 Å². The Hall–Kier alpha value is -3.44. The van der Waals surface area contributed by atoms with Crippen LogP contribution in [0.3, 0.4) is 0 Å². The van der Waals surface area contributed by atoms with Crippen LogP contribution < -0.4 is 19.9 Å². The third-order valence-electron chi connectivity index (χ3n) is 5.77. The smallest absolute Gasteiger partial charge is 0.245 e. The third kappa shape index (κ3) is 6.58. The number of benzene rings is 2. The van der Waals surface area contributed by atoms with Gasteiger partial charge in [0.1, 0.15) is 28.3 Å². The van der Waals surface area contributed by atoms with E-state index in [1.54, 1.807) is 30.3 Å². The van der Waals surface area contributed by atoms with Crippen molar-refractivity contribution in [2.24, 2.45) is 5.73 Å². The topological polar surface area (TPSA) is 152 Å². The van der Waals surface area contributed by atoms with E-state index in [0.29, 0.717) is 37.1 Å². The number of carbonyl (C=O) groups excluding carboxylic acids is 2. The van der Waals surface area contributed by atoms with Gasteiger partial charge in [-0.05, 0) is 37.0 Å². The highest BCUT2D eigenvalue weighted by Crippen LogP contribution is 2.29. The van der Waals surface area contributed by atoms with Crippen molar-refractivity contribution in [3.05, 3.63) is 53.6 Å². The Morgan fingerprint density at radius 2 is 1.86 bits per heavy atom. The highest BCUT2D eigenvalue weighted by atomic mass is 32.2. The Balaban J connectivity index is 1.71. The van der Waals surface area contributed by atoms with Crippen molar-refractivity contribution in [2.75, 3.05) is 27.3 Å². The van der Waals surface area contributed by atoms with Gasteiger partial charge in [-0.25, -0.2) is 8.42 Å². The first kappa shape index (κ1) is 26.2. The molecule has 2 aromatic rings. The molecular formula is C24H30N4O6S. The van der Waals surface area contributed by atoms with Gasteiger partial charge in [-0.3, -0.25) is 15.0 Å². The predicted molar refractivity (Wildman–Crippen MR) is 130 cm³/mol. The zero-order valence-corrected chi connectivity index (χ0v) is 20.6. The molecule has 1 aliphatic rings. The van der Waals surface area contributed by atoms with Crippen LogP contribution in [-0.2, 0) is 26.0 Å². The average molecular weight is 503 g/mol. The van der Waals surface area contributed by atoms with E-state index in [9.17, 15) is 18.0 Å². The van der Waals surface area contributed by atoms with Crippen LogP contribution in [0.2, 0.25) is 0 Å². The van der Waals surface area contributed by atoms with Gasteiger partial charge in [-0.15, -0.1) is 0 Å². The van der Waals surface area contributed by atoms with Crippen LogP contribution in [0.1, 0.15) is 30.4 Å². The van der Waals surface area contributed by atoms with E-state index in [0.717, 1.165) is 5.56 Å². The predicted octanol–water partition coefficient (Wildman–Crippen LogP) is 1.46. The molecule has 188 valence electrons. The lowest BCUT2D eigenvalue weighted by atomic mass is 10.1. The monoisotopic (exact) mass is 502 g/mol. The maximum absolute atomic E-state index is 13.2. The second-order valence-electron chi connectivity index (χ2n) is 8.27. The Labute approximate surface area is 205 Å². The number of likely N-dealkylation sites (tertiary alicyclic amines) is 1. The van der Waals surface area contributed by atoms with E-state index in [4.69, 9.17) is 20.6 Å². The maximum atomic E-state index is 13.2. The molecule has 1 atom stereocenters. The second kappa shape index (κ2) is 11.3. The van der Waals surface area contributed by atoms with Gasteiger partial charge >= 0.3 is 0 Å². The van der Waals surface area contributed by atoms with E-state index >= 15 is 0 Å². The van der Waals surface area contributed by atoms with E-state index < -0.39 is 22.0 Å². The van der Waals surface area contributed by atoms with Crippen LogP contribution in [-0.4, -0.2) is 64.2 Å². The first-order valence-electron chi connectivity index (χ1n) is 11.1. The molecule has 0 aromatic heterocycles. The Morgan fingerprint density at radius 1 is 1.14 bits per heavy atom. The minimum Gasteiger partial charge on any atom is -0.497 e. The number of hydrogen-bond donors (Lipinski definition) is 3.